The Bertz CT molecular complexity index is 654. The van der Waals surface area contributed by atoms with Crippen molar-refractivity contribution in [2.45, 2.75) is 24.2 Å². The van der Waals surface area contributed by atoms with Crippen LogP contribution in [0.3, 0.4) is 0 Å². The largest absolute Gasteiger partial charge is 0.330 e. The van der Waals surface area contributed by atoms with E-state index in [0.29, 0.717) is 38.0 Å². The lowest BCUT2D eigenvalue weighted by atomic mass is 10.1. The zero-order chi connectivity index (χ0) is 14.3. The van der Waals surface area contributed by atoms with Crippen LogP contribution in [0.1, 0.15) is 28.8 Å². The van der Waals surface area contributed by atoms with E-state index < -0.39 is 10.0 Å². The van der Waals surface area contributed by atoms with E-state index in [1.807, 2.05) is 0 Å². The van der Waals surface area contributed by atoms with Gasteiger partial charge in [-0.1, -0.05) is 6.07 Å². The second-order valence-corrected chi connectivity index (χ2v) is 7.43. The first-order valence-electron chi connectivity index (χ1n) is 6.88. The molecule has 2 N–H and O–H groups in total. The molecule has 0 radical (unpaired) electrons. The van der Waals surface area contributed by atoms with Crippen molar-refractivity contribution in [3.05, 3.63) is 29.3 Å². The summed E-state index contributed by atoms with van der Waals surface area (Å²) in [5, 5.41) is 0. The average Bonchev–Trinajstić information content (AvgIpc) is 3.06. The Morgan fingerprint density at radius 2 is 2.10 bits per heavy atom. The van der Waals surface area contributed by atoms with Gasteiger partial charge in [0, 0.05) is 25.1 Å². The Hall–Kier alpha value is -1.24. The standard InChI is InChI=1S/C14H18N2O3S/c15-8-10-5-6-16(9-10)20(18,19)12-3-1-11-2-4-14(17)13(11)7-12/h1,3,7,10H,2,4-6,8-9,15H2. The van der Waals surface area contributed by atoms with E-state index in [4.69, 9.17) is 5.73 Å². The lowest BCUT2D eigenvalue weighted by Crippen LogP contribution is -2.30. The maximum Gasteiger partial charge on any atom is 0.243 e. The first-order valence-corrected chi connectivity index (χ1v) is 8.32. The molecular weight excluding hydrogens is 276 g/mol. The van der Waals surface area contributed by atoms with Gasteiger partial charge in [0.15, 0.2) is 5.78 Å². The van der Waals surface area contributed by atoms with Gasteiger partial charge in [0.25, 0.3) is 0 Å². The molecule has 1 saturated heterocycles. The number of sulfonamides is 1. The predicted molar refractivity (Wildman–Crippen MR) is 75.0 cm³/mol. The van der Waals surface area contributed by atoms with Crippen molar-refractivity contribution in [1.82, 2.24) is 4.31 Å². The lowest BCUT2D eigenvalue weighted by molar-refractivity contribution is 0.0994. The molecule has 1 aliphatic heterocycles. The van der Waals surface area contributed by atoms with E-state index in [1.54, 1.807) is 12.1 Å². The summed E-state index contributed by atoms with van der Waals surface area (Å²) >= 11 is 0. The molecule has 0 spiro atoms. The van der Waals surface area contributed by atoms with Gasteiger partial charge in [-0.05, 0) is 43.0 Å². The van der Waals surface area contributed by atoms with Gasteiger partial charge in [0.2, 0.25) is 10.0 Å². The smallest absolute Gasteiger partial charge is 0.243 e. The fourth-order valence-electron chi connectivity index (χ4n) is 2.93. The molecule has 0 saturated carbocycles. The highest BCUT2D eigenvalue weighted by atomic mass is 32.2. The van der Waals surface area contributed by atoms with E-state index in [2.05, 4.69) is 0 Å². The number of fused-ring (bicyclic) bond motifs is 1. The molecule has 0 aromatic heterocycles. The van der Waals surface area contributed by atoms with Gasteiger partial charge in [-0.25, -0.2) is 8.42 Å². The first-order chi connectivity index (χ1) is 9.52. The molecule has 3 rings (SSSR count). The van der Waals surface area contributed by atoms with Crippen LogP contribution in [0.4, 0.5) is 0 Å². The minimum atomic E-state index is -3.50. The minimum absolute atomic E-state index is 0.0401. The van der Waals surface area contributed by atoms with Crippen LogP contribution in [0.2, 0.25) is 0 Å². The second-order valence-electron chi connectivity index (χ2n) is 5.50. The predicted octanol–water partition coefficient (Wildman–Crippen LogP) is 0.785. The third-order valence-electron chi connectivity index (χ3n) is 4.22. The molecule has 1 aliphatic carbocycles. The normalized spacial score (nSPS) is 23.2. The summed E-state index contributed by atoms with van der Waals surface area (Å²) in [6.45, 7) is 1.49. The quantitative estimate of drug-likeness (QED) is 0.893. The number of hydrogen-bond donors (Lipinski definition) is 1. The number of hydrogen-bond acceptors (Lipinski definition) is 4. The highest BCUT2D eigenvalue weighted by Gasteiger charge is 2.33. The van der Waals surface area contributed by atoms with Crippen molar-refractivity contribution >= 4 is 15.8 Å². The number of rotatable bonds is 3. The van der Waals surface area contributed by atoms with E-state index in [1.165, 1.54) is 10.4 Å². The zero-order valence-corrected chi connectivity index (χ0v) is 12.0. The highest BCUT2D eigenvalue weighted by Crippen LogP contribution is 2.28. The summed E-state index contributed by atoms with van der Waals surface area (Å²) in [5.74, 6) is 0.277. The van der Waals surface area contributed by atoms with Crippen LogP contribution in [0.25, 0.3) is 0 Å². The van der Waals surface area contributed by atoms with Crippen LogP contribution < -0.4 is 5.73 Å². The second kappa shape index (κ2) is 4.95. The zero-order valence-electron chi connectivity index (χ0n) is 11.2. The summed E-state index contributed by atoms with van der Waals surface area (Å²) in [5.41, 5.74) is 7.13. The summed E-state index contributed by atoms with van der Waals surface area (Å²) in [6, 6.07) is 4.92. The molecule has 0 amide bonds. The molecule has 2 aliphatic rings. The number of nitrogens with zero attached hydrogens (tertiary/aromatic N) is 1. The Kier molecular flexibility index (Phi) is 3.40. The Labute approximate surface area is 118 Å². The van der Waals surface area contributed by atoms with Gasteiger partial charge in [0.05, 0.1) is 4.90 Å². The lowest BCUT2D eigenvalue weighted by Gasteiger charge is -2.17. The molecule has 1 heterocycles. The number of carbonyl (C=O) groups is 1. The number of carbonyl (C=O) groups excluding carboxylic acids is 1. The molecule has 1 aromatic rings. The van der Waals surface area contributed by atoms with E-state index in [-0.39, 0.29) is 16.6 Å². The maximum absolute atomic E-state index is 12.6. The van der Waals surface area contributed by atoms with Crippen molar-refractivity contribution in [1.29, 1.82) is 0 Å². The number of ketones is 1. The molecule has 20 heavy (non-hydrogen) atoms. The third-order valence-corrected chi connectivity index (χ3v) is 6.08. The molecule has 1 aromatic carbocycles. The van der Waals surface area contributed by atoms with E-state index in [9.17, 15) is 13.2 Å². The number of aryl methyl sites for hydroxylation is 1. The topological polar surface area (TPSA) is 80.5 Å². The Morgan fingerprint density at radius 1 is 1.30 bits per heavy atom. The van der Waals surface area contributed by atoms with Crippen molar-refractivity contribution in [2.75, 3.05) is 19.6 Å². The van der Waals surface area contributed by atoms with Crippen LogP contribution in [-0.2, 0) is 16.4 Å². The number of benzene rings is 1. The first kappa shape index (κ1) is 13.7. The van der Waals surface area contributed by atoms with E-state index in [0.717, 1.165) is 12.0 Å². The Balaban J connectivity index is 1.93. The fourth-order valence-corrected chi connectivity index (χ4v) is 4.49. The Morgan fingerprint density at radius 3 is 2.80 bits per heavy atom. The van der Waals surface area contributed by atoms with Gasteiger partial charge in [-0.15, -0.1) is 0 Å². The summed E-state index contributed by atoms with van der Waals surface area (Å²) < 4.78 is 26.6. The summed E-state index contributed by atoms with van der Waals surface area (Å²) in [6.07, 6.45) is 2.00. The van der Waals surface area contributed by atoms with Gasteiger partial charge in [0.1, 0.15) is 0 Å². The van der Waals surface area contributed by atoms with Gasteiger partial charge in [-0.3, -0.25) is 4.79 Å². The molecule has 5 nitrogen and oxygen atoms in total. The SMILES string of the molecule is NCC1CCN(S(=O)(=O)c2ccc3c(c2)C(=O)CC3)C1. The van der Waals surface area contributed by atoms with Crippen molar-refractivity contribution in [2.24, 2.45) is 11.7 Å². The van der Waals surface area contributed by atoms with Gasteiger partial charge in [-0.2, -0.15) is 4.31 Å². The molecule has 1 atom stereocenters. The highest BCUT2D eigenvalue weighted by molar-refractivity contribution is 7.89. The minimum Gasteiger partial charge on any atom is -0.330 e. The molecule has 6 heteroatoms. The van der Waals surface area contributed by atoms with Crippen molar-refractivity contribution in [3.8, 4) is 0 Å². The molecular formula is C14H18N2O3S. The molecule has 0 bridgehead atoms. The van der Waals surface area contributed by atoms with Crippen LogP contribution in [0.5, 0.6) is 0 Å². The number of nitrogens with two attached hydrogens (primary N) is 1. The van der Waals surface area contributed by atoms with E-state index >= 15 is 0 Å². The fraction of sp³-hybridized carbons (Fsp3) is 0.500. The molecule has 1 fully saturated rings. The summed E-state index contributed by atoms with van der Waals surface area (Å²) in [7, 11) is -3.50. The van der Waals surface area contributed by atoms with Gasteiger partial charge >= 0.3 is 0 Å². The van der Waals surface area contributed by atoms with Gasteiger partial charge < -0.3 is 5.73 Å². The maximum atomic E-state index is 12.6. The third kappa shape index (κ3) is 2.17. The van der Waals surface area contributed by atoms with Crippen LogP contribution in [0.15, 0.2) is 23.1 Å². The van der Waals surface area contributed by atoms with Crippen molar-refractivity contribution < 1.29 is 13.2 Å². The number of Topliss-reactive ketones (excluding diaryl/α,β-unsaturated/α-hetero) is 1. The van der Waals surface area contributed by atoms with Crippen LogP contribution in [-0.4, -0.2) is 38.1 Å². The van der Waals surface area contributed by atoms with Crippen LogP contribution in [0, 0.1) is 5.92 Å². The monoisotopic (exact) mass is 294 g/mol. The van der Waals surface area contributed by atoms with Crippen LogP contribution >= 0.6 is 0 Å². The molecule has 1 unspecified atom stereocenters. The van der Waals surface area contributed by atoms with Crippen molar-refractivity contribution in [3.63, 3.8) is 0 Å². The average molecular weight is 294 g/mol. The molecule has 108 valence electrons. The summed E-state index contributed by atoms with van der Waals surface area (Å²) in [4.78, 5) is 12.0.